The predicted octanol–water partition coefficient (Wildman–Crippen LogP) is 4.95. The van der Waals surface area contributed by atoms with E-state index in [1.54, 1.807) is 12.1 Å². The van der Waals surface area contributed by atoms with Gasteiger partial charge in [-0.2, -0.15) is 0 Å². The first-order valence-corrected chi connectivity index (χ1v) is 14.4. The van der Waals surface area contributed by atoms with Gasteiger partial charge in [-0.05, 0) is 67.5 Å². The molecule has 0 radical (unpaired) electrons. The third kappa shape index (κ3) is 5.13. The van der Waals surface area contributed by atoms with Crippen molar-refractivity contribution >= 4 is 40.1 Å². The molecule has 3 aromatic rings. The van der Waals surface area contributed by atoms with E-state index in [1.165, 1.54) is 29.9 Å². The van der Waals surface area contributed by atoms with Crippen LogP contribution in [-0.2, 0) is 16.1 Å². The zero-order valence-corrected chi connectivity index (χ0v) is 23.0. The second kappa shape index (κ2) is 10.5. The Bertz CT molecular complexity index is 1400. The van der Waals surface area contributed by atoms with Crippen LogP contribution >= 0.6 is 11.3 Å². The number of ether oxygens (including phenoxy) is 1. The van der Waals surface area contributed by atoms with Gasteiger partial charge in [0.25, 0.3) is 5.91 Å². The highest BCUT2D eigenvalue weighted by Crippen LogP contribution is 2.55. The number of halogens is 1. The van der Waals surface area contributed by atoms with Gasteiger partial charge in [0.1, 0.15) is 6.17 Å². The lowest BCUT2D eigenvalue weighted by molar-refractivity contribution is -0.125. The topological polar surface area (TPSA) is 79.7 Å². The summed E-state index contributed by atoms with van der Waals surface area (Å²) in [7, 11) is 0. The summed E-state index contributed by atoms with van der Waals surface area (Å²) in [4.78, 5) is 35.5. The number of thiophene rings is 1. The molecule has 0 bridgehead atoms. The molecule has 1 aromatic carbocycles. The van der Waals surface area contributed by atoms with Crippen LogP contribution in [0, 0.1) is 5.41 Å². The first kappa shape index (κ1) is 26.2. The van der Waals surface area contributed by atoms with Gasteiger partial charge in [-0.15, -0.1) is 11.3 Å². The smallest absolute Gasteiger partial charge is 0.268 e. The Kier molecular flexibility index (Phi) is 7.03. The number of anilines is 1. The number of nitrogens with zero attached hydrogens (tertiary/aromatic N) is 4. The summed E-state index contributed by atoms with van der Waals surface area (Å²) in [6.45, 7) is 10.7. The minimum absolute atomic E-state index is 0.0120. The van der Waals surface area contributed by atoms with E-state index < -0.39 is 6.17 Å². The Hall–Kier alpha value is -3.08. The molecule has 8 nitrogen and oxygen atoms in total. The van der Waals surface area contributed by atoms with E-state index in [4.69, 9.17) is 9.72 Å². The molecule has 3 aliphatic rings. The highest BCUT2D eigenvalue weighted by atomic mass is 32.1. The molecule has 3 fully saturated rings. The predicted molar refractivity (Wildman–Crippen MR) is 150 cm³/mol. The van der Waals surface area contributed by atoms with Crippen LogP contribution in [0.4, 0.5) is 10.3 Å². The molecule has 1 spiro atoms. The van der Waals surface area contributed by atoms with Gasteiger partial charge >= 0.3 is 0 Å². The maximum Gasteiger partial charge on any atom is 0.268 e. The van der Waals surface area contributed by atoms with Gasteiger partial charge < -0.3 is 14.2 Å². The summed E-state index contributed by atoms with van der Waals surface area (Å²) in [5.41, 5.74) is 3.09. The molecule has 1 saturated carbocycles. The molecule has 6 rings (SSSR count). The molecule has 1 atom stereocenters. The molecule has 1 N–H and O–H groups in total. The number of hydrogen-bond donors (Lipinski definition) is 1. The minimum atomic E-state index is -1.11. The molecule has 2 aliphatic heterocycles. The Morgan fingerprint density at radius 2 is 2.05 bits per heavy atom. The number of likely N-dealkylation sites (tertiary alicyclic amines) is 1. The maximum absolute atomic E-state index is 13.8. The van der Waals surface area contributed by atoms with E-state index in [1.807, 2.05) is 4.90 Å². The number of carbonyl (C=O) groups excluding carboxylic acids is 2. The molecular formula is C29H34FN5O3S. The van der Waals surface area contributed by atoms with Crippen LogP contribution in [0.15, 0.2) is 43.0 Å². The Morgan fingerprint density at radius 1 is 1.26 bits per heavy atom. The lowest BCUT2D eigenvalue weighted by Gasteiger charge is -2.46. The number of aromatic nitrogens is 2. The van der Waals surface area contributed by atoms with Gasteiger partial charge in [-0.1, -0.05) is 12.6 Å². The van der Waals surface area contributed by atoms with Gasteiger partial charge in [0.2, 0.25) is 11.9 Å². The fourth-order valence-corrected chi connectivity index (χ4v) is 7.11. The van der Waals surface area contributed by atoms with E-state index in [9.17, 15) is 14.0 Å². The van der Waals surface area contributed by atoms with Gasteiger partial charge in [0.15, 0.2) is 0 Å². The third-order valence-corrected chi connectivity index (χ3v) is 9.60. The number of nitrogens with one attached hydrogen (secondary N) is 1. The summed E-state index contributed by atoms with van der Waals surface area (Å²) in [5, 5.41) is 3.03. The number of benzene rings is 1. The molecule has 1 aliphatic carbocycles. The normalized spacial score (nSPS) is 24.2. The monoisotopic (exact) mass is 551 g/mol. The van der Waals surface area contributed by atoms with E-state index in [-0.39, 0.29) is 23.3 Å². The highest BCUT2D eigenvalue weighted by molar-refractivity contribution is 7.14. The number of rotatable bonds is 7. The number of carbonyl (C=O) groups is 2. The van der Waals surface area contributed by atoms with Crippen molar-refractivity contribution in [1.82, 2.24) is 19.4 Å². The van der Waals surface area contributed by atoms with Crippen LogP contribution in [0.3, 0.4) is 0 Å². The van der Waals surface area contributed by atoms with Crippen LogP contribution in [0.5, 0.6) is 0 Å². The highest BCUT2D eigenvalue weighted by Gasteiger charge is 2.50. The molecule has 2 saturated heterocycles. The summed E-state index contributed by atoms with van der Waals surface area (Å²) < 4.78 is 21.4. The summed E-state index contributed by atoms with van der Waals surface area (Å²) in [6, 6.07) is 9.86. The van der Waals surface area contributed by atoms with Crippen molar-refractivity contribution < 1.29 is 18.7 Å². The van der Waals surface area contributed by atoms with Crippen molar-refractivity contribution in [2.24, 2.45) is 5.41 Å². The molecular weight excluding hydrogens is 517 g/mol. The first-order valence-electron chi connectivity index (χ1n) is 13.6. The van der Waals surface area contributed by atoms with Crippen LogP contribution in [-0.4, -0.2) is 70.6 Å². The number of hydrogen-bond acceptors (Lipinski definition) is 6. The van der Waals surface area contributed by atoms with Crippen LogP contribution in [0.25, 0.3) is 11.0 Å². The largest absolute Gasteiger partial charge is 0.379 e. The van der Waals surface area contributed by atoms with Gasteiger partial charge in [-0.3, -0.25) is 19.8 Å². The van der Waals surface area contributed by atoms with Crippen LogP contribution in [0.1, 0.15) is 58.5 Å². The number of fused-ring (bicyclic) bond motifs is 1. The Balaban J connectivity index is 1.27. The quantitative estimate of drug-likeness (QED) is 0.421. The molecule has 2 aromatic heterocycles. The van der Waals surface area contributed by atoms with Crippen molar-refractivity contribution in [1.29, 1.82) is 0 Å². The van der Waals surface area contributed by atoms with E-state index >= 15 is 0 Å². The van der Waals surface area contributed by atoms with Crippen molar-refractivity contribution in [2.45, 2.75) is 44.9 Å². The molecule has 4 heterocycles. The number of amides is 2. The van der Waals surface area contributed by atoms with Gasteiger partial charge in [0, 0.05) is 43.6 Å². The summed E-state index contributed by atoms with van der Waals surface area (Å²) in [5.74, 6) is 0.218. The molecule has 1 unspecified atom stereocenters. The average molecular weight is 552 g/mol. The Labute approximate surface area is 231 Å². The van der Waals surface area contributed by atoms with Crippen molar-refractivity contribution in [3.05, 3.63) is 58.3 Å². The number of alkyl halides is 1. The average Bonchev–Trinajstić information content (AvgIpc) is 3.65. The van der Waals surface area contributed by atoms with E-state index in [0.717, 1.165) is 76.2 Å². The van der Waals surface area contributed by atoms with Crippen LogP contribution in [0.2, 0.25) is 0 Å². The fraction of sp³-hybridized carbons (Fsp3) is 0.483. The minimum Gasteiger partial charge on any atom is -0.379 e. The third-order valence-electron chi connectivity index (χ3n) is 8.36. The van der Waals surface area contributed by atoms with Crippen molar-refractivity contribution in [3.8, 4) is 0 Å². The lowest BCUT2D eigenvalue weighted by Crippen LogP contribution is -2.42. The van der Waals surface area contributed by atoms with Gasteiger partial charge in [-0.25, -0.2) is 9.37 Å². The number of morpholine rings is 1. The van der Waals surface area contributed by atoms with Gasteiger partial charge in [0.05, 0.1) is 29.1 Å². The Morgan fingerprint density at radius 3 is 2.77 bits per heavy atom. The summed E-state index contributed by atoms with van der Waals surface area (Å²) in [6.07, 6.45) is 3.08. The first-order chi connectivity index (χ1) is 18.8. The summed E-state index contributed by atoms with van der Waals surface area (Å²) >= 11 is 1.17. The van der Waals surface area contributed by atoms with E-state index in [0.29, 0.717) is 15.7 Å². The fourth-order valence-electron chi connectivity index (χ4n) is 6.28. The van der Waals surface area contributed by atoms with E-state index in [2.05, 4.69) is 39.6 Å². The lowest BCUT2D eigenvalue weighted by atomic mass is 9.64. The zero-order chi connectivity index (χ0) is 27.1. The van der Waals surface area contributed by atoms with Crippen LogP contribution < -0.4 is 5.32 Å². The molecule has 2 amide bonds. The van der Waals surface area contributed by atoms with Crippen molar-refractivity contribution in [3.63, 3.8) is 0 Å². The second-order valence-corrected chi connectivity index (χ2v) is 12.2. The molecule has 206 valence electrons. The van der Waals surface area contributed by atoms with Crippen molar-refractivity contribution in [2.75, 3.05) is 44.7 Å². The molecule has 39 heavy (non-hydrogen) atoms. The number of imidazole rings is 1. The SMILES string of the molecule is C=CC(=O)N1CCC2(CC(n3c(NC(=O)c4ccc(C(C)F)s4)nc4cc(CN5CCOCC5)ccc43)C2)C1. The zero-order valence-electron chi connectivity index (χ0n) is 22.2. The second-order valence-electron chi connectivity index (χ2n) is 11.1. The standard InChI is InChI=1S/C29H34FN5O3S/c1-3-26(36)34-9-8-29(18-34)15-21(16-29)35-23-5-4-20(17-33-10-12-38-13-11-33)14-22(23)31-28(35)32-27(37)25-7-6-24(39-25)19(2)30/h3-7,14,19,21H,1,8-13,15-18H2,2H3,(H,31,32,37). The maximum atomic E-state index is 13.8. The molecule has 10 heteroatoms.